The van der Waals surface area contributed by atoms with Gasteiger partial charge in [-0.15, -0.1) is 11.3 Å². The number of hydrogen-bond donors (Lipinski definition) is 1. The first kappa shape index (κ1) is 18.0. The number of alkyl halides is 3. The van der Waals surface area contributed by atoms with E-state index < -0.39 is 11.7 Å². The standard InChI is InChI=1S/C20H17F3N2OS/c21-20(22,23)13-7-5-12(6-8-13)14-11-15(14)19(26)24-10-9-18-25-16-3-1-2-4-17(16)27-18/h1-8,14-15H,9-11H2,(H,24,26). The van der Waals surface area contributed by atoms with Gasteiger partial charge >= 0.3 is 6.18 Å². The fourth-order valence-corrected chi connectivity index (χ4v) is 4.19. The quantitative estimate of drug-likeness (QED) is 0.681. The topological polar surface area (TPSA) is 42.0 Å². The van der Waals surface area contributed by atoms with Crippen LogP contribution in [0.5, 0.6) is 0 Å². The summed E-state index contributed by atoms with van der Waals surface area (Å²) < 4.78 is 39.0. The maximum Gasteiger partial charge on any atom is 0.416 e. The molecule has 1 heterocycles. The van der Waals surface area contributed by atoms with Crippen molar-refractivity contribution >= 4 is 27.5 Å². The Labute approximate surface area is 158 Å². The maximum absolute atomic E-state index is 12.6. The summed E-state index contributed by atoms with van der Waals surface area (Å²) in [4.78, 5) is 16.8. The molecule has 1 saturated carbocycles. The average Bonchev–Trinajstić information content (AvgIpc) is 3.34. The summed E-state index contributed by atoms with van der Waals surface area (Å²) in [6.07, 6.45) is -2.99. The Balaban J connectivity index is 1.28. The van der Waals surface area contributed by atoms with Crippen LogP contribution in [0.15, 0.2) is 48.5 Å². The molecule has 1 N–H and O–H groups in total. The summed E-state index contributed by atoms with van der Waals surface area (Å²) in [5, 5.41) is 3.90. The van der Waals surface area contributed by atoms with Gasteiger partial charge in [0.2, 0.25) is 5.91 Å². The molecular formula is C20H17F3N2OS. The van der Waals surface area contributed by atoms with Crippen molar-refractivity contribution in [1.29, 1.82) is 0 Å². The SMILES string of the molecule is O=C(NCCc1nc2ccccc2s1)C1CC1c1ccc(C(F)(F)F)cc1. The third-order valence-electron chi connectivity index (χ3n) is 4.77. The lowest BCUT2D eigenvalue weighted by atomic mass is 10.1. The Kier molecular flexibility index (Phi) is 4.63. The number of benzene rings is 2. The Bertz CT molecular complexity index is 932. The molecule has 1 aliphatic carbocycles. The van der Waals surface area contributed by atoms with Crippen LogP contribution in [-0.4, -0.2) is 17.4 Å². The molecular weight excluding hydrogens is 373 g/mol. The third-order valence-corrected chi connectivity index (χ3v) is 5.87. The van der Waals surface area contributed by atoms with Crippen LogP contribution in [-0.2, 0) is 17.4 Å². The summed E-state index contributed by atoms with van der Waals surface area (Å²) in [5.41, 5.74) is 1.09. The number of hydrogen-bond acceptors (Lipinski definition) is 3. The van der Waals surface area contributed by atoms with Crippen molar-refractivity contribution in [2.24, 2.45) is 5.92 Å². The van der Waals surface area contributed by atoms with Gasteiger partial charge in [0.05, 0.1) is 20.8 Å². The highest BCUT2D eigenvalue weighted by Crippen LogP contribution is 2.48. The van der Waals surface area contributed by atoms with E-state index in [4.69, 9.17) is 0 Å². The molecule has 3 nitrogen and oxygen atoms in total. The summed E-state index contributed by atoms with van der Waals surface area (Å²) in [6, 6.07) is 13.0. The van der Waals surface area contributed by atoms with E-state index in [1.54, 1.807) is 11.3 Å². The summed E-state index contributed by atoms with van der Waals surface area (Å²) in [5.74, 6) is -0.187. The highest BCUT2D eigenvalue weighted by molar-refractivity contribution is 7.18. The Morgan fingerprint density at radius 2 is 1.89 bits per heavy atom. The molecule has 1 aliphatic rings. The minimum absolute atomic E-state index is 0.00901. The summed E-state index contributed by atoms with van der Waals surface area (Å²) in [6.45, 7) is 0.509. The molecule has 3 aromatic rings. The van der Waals surface area contributed by atoms with Gasteiger partial charge in [-0.1, -0.05) is 24.3 Å². The van der Waals surface area contributed by atoms with E-state index in [1.165, 1.54) is 12.1 Å². The molecule has 140 valence electrons. The van der Waals surface area contributed by atoms with Gasteiger partial charge in [-0.2, -0.15) is 13.2 Å². The fourth-order valence-electron chi connectivity index (χ4n) is 3.22. The first-order chi connectivity index (χ1) is 12.9. The normalized spacial score (nSPS) is 19.2. The lowest BCUT2D eigenvalue weighted by Crippen LogP contribution is -2.27. The molecule has 2 aromatic carbocycles. The number of carbonyl (C=O) groups is 1. The fraction of sp³-hybridized carbons (Fsp3) is 0.300. The minimum Gasteiger partial charge on any atom is -0.355 e. The molecule has 1 amide bonds. The lowest BCUT2D eigenvalue weighted by molar-refractivity contribution is -0.137. The van der Waals surface area contributed by atoms with E-state index in [-0.39, 0.29) is 17.7 Å². The number of aromatic nitrogens is 1. The van der Waals surface area contributed by atoms with Gasteiger partial charge in [0.25, 0.3) is 0 Å². The first-order valence-electron chi connectivity index (χ1n) is 8.71. The van der Waals surface area contributed by atoms with Crippen LogP contribution in [0.3, 0.4) is 0 Å². The van der Waals surface area contributed by atoms with Crippen molar-refractivity contribution < 1.29 is 18.0 Å². The molecule has 1 fully saturated rings. The Morgan fingerprint density at radius 1 is 1.15 bits per heavy atom. The smallest absolute Gasteiger partial charge is 0.355 e. The zero-order chi connectivity index (χ0) is 19.0. The first-order valence-corrected chi connectivity index (χ1v) is 9.53. The predicted molar refractivity (Wildman–Crippen MR) is 98.6 cm³/mol. The molecule has 0 radical (unpaired) electrons. The van der Waals surface area contributed by atoms with Crippen molar-refractivity contribution in [2.45, 2.75) is 24.9 Å². The number of para-hydroxylation sites is 1. The largest absolute Gasteiger partial charge is 0.416 e. The predicted octanol–water partition coefficient (Wildman–Crippen LogP) is 4.78. The second kappa shape index (κ2) is 6.96. The van der Waals surface area contributed by atoms with E-state index >= 15 is 0 Å². The Hall–Kier alpha value is -2.41. The van der Waals surface area contributed by atoms with Crippen molar-refractivity contribution in [3.8, 4) is 0 Å². The van der Waals surface area contributed by atoms with Crippen LogP contribution in [0.25, 0.3) is 10.2 Å². The summed E-state index contributed by atoms with van der Waals surface area (Å²) in [7, 11) is 0. The van der Waals surface area contributed by atoms with Crippen LogP contribution >= 0.6 is 11.3 Å². The molecule has 2 atom stereocenters. The van der Waals surface area contributed by atoms with Gasteiger partial charge < -0.3 is 5.32 Å². The van der Waals surface area contributed by atoms with Gasteiger partial charge in [-0.3, -0.25) is 4.79 Å². The number of thiazole rings is 1. The van der Waals surface area contributed by atoms with Crippen LogP contribution in [0, 0.1) is 5.92 Å². The minimum atomic E-state index is -4.33. The highest BCUT2D eigenvalue weighted by Gasteiger charge is 2.44. The van der Waals surface area contributed by atoms with E-state index in [9.17, 15) is 18.0 Å². The number of nitrogens with zero attached hydrogens (tertiary/aromatic N) is 1. The average molecular weight is 390 g/mol. The molecule has 0 aliphatic heterocycles. The van der Waals surface area contributed by atoms with Crippen molar-refractivity contribution in [3.05, 3.63) is 64.7 Å². The molecule has 7 heteroatoms. The van der Waals surface area contributed by atoms with E-state index in [0.29, 0.717) is 19.4 Å². The van der Waals surface area contributed by atoms with Gasteiger partial charge in [0.1, 0.15) is 0 Å². The Morgan fingerprint density at radius 3 is 2.59 bits per heavy atom. The van der Waals surface area contributed by atoms with Crippen LogP contribution < -0.4 is 5.32 Å². The van der Waals surface area contributed by atoms with Crippen molar-refractivity contribution in [3.63, 3.8) is 0 Å². The second-order valence-corrected chi connectivity index (χ2v) is 7.80. The number of amides is 1. The van der Waals surface area contributed by atoms with Crippen molar-refractivity contribution in [1.82, 2.24) is 10.3 Å². The number of carbonyl (C=O) groups excluding carboxylic acids is 1. The van der Waals surface area contributed by atoms with Crippen LogP contribution in [0.4, 0.5) is 13.2 Å². The lowest BCUT2D eigenvalue weighted by Gasteiger charge is -2.07. The van der Waals surface area contributed by atoms with Gasteiger partial charge in [0.15, 0.2) is 0 Å². The van der Waals surface area contributed by atoms with Crippen LogP contribution in [0.1, 0.15) is 28.5 Å². The molecule has 0 spiro atoms. The van der Waals surface area contributed by atoms with E-state index in [2.05, 4.69) is 10.3 Å². The van der Waals surface area contributed by atoms with E-state index in [1.807, 2.05) is 24.3 Å². The number of halogens is 3. The second-order valence-electron chi connectivity index (χ2n) is 6.68. The van der Waals surface area contributed by atoms with Crippen molar-refractivity contribution in [2.75, 3.05) is 6.54 Å². The number of rotatable bonds is 5. The zero-order valence-electron chi connectivity index (χ0n) is 14.3. The van der Waals surface area contributed by atoms with Crippen LogP contribution in [0.2, 0.25) is 0 Å². The number of fused-ring (bicyclic) bond motifs is 1. The zero-order valence-corrected chi connectivity index (χ0v) is 15.1. The molecule has 0 bridgehead atoms. The monoisotopic (exact) mass is 390 g/mol. The number of nitrogens with one attached hydrogen (secondary N) is 1. The molecule has 0 saturated heterocycles. The highest BCUT2D eigenvalue weighted by atomic mass is 32.1. The summed E-state index contributed by atoms with van der Waals surface area (Å²) >= 11 is 1.62. The third kappa shape index (κ3) is 3.98. The van der Waals surface area contributed by atoms with E-state index in [0.717, 1.165) is 32.9 Å². The molecule has 4 rings (SSSR count). The van der Waals surface area contributed by atoms with Gasteiger partial charge in [0, 0.05) is 18.9 Å². The van der Waals surface area contributed by atoms with Gasteiger partial charge in [-0.05, 0) is 42.2 Å². The van der Waals surface area contributed by atoms with Gasteiger partial charge in [-0.25, -0.2) is 4.98 Å². The molecule has 2 unspecified atom stereocenters. The molecule has 27 heavy (non-hydrogen) atoms. The molecule has 1 aromatic heterocycles. The maximum atomic E-state index is 12.6.